The number of methoxy groups -OCH3 is 1. The van der Waals surface area contributed by atoms with Gasteiger partial charge in [-0.3, -0.25) is 9.69 Å². The van der Waals surface area contributed by atoms with Gasteiger partial charge in [0, 0.05) is 32.7 Å². The minimum absolute atomic E-state index is 0.239. The second kappa shape index (κ2) is 16.1. The van der Waals surface area contributed by atoms with Crippen molar-refractivity contribution in [3.05, 3.63) is 77.9 Å². The maximum absolute atomic E-state index is 13.8. The van der Waals surface area contributed by atoms with Gasteiger partial charge in [0.1, 0.15) is 23.7 Å². The highest BCUT2D eigenvalue weighted by Crippen LogP contribution is 2.30. The third kappa shape index (κ3) is 9.71. The standard InChI is InChI=1S/C36H45N3O7/c1-6-7-22-45-32-16-14-28(44-23-21-38-17-19-39(20-18-38)35(42)46-36(2,3)4)25-30(32)33(40)37-31-24-27(26-11-9-8-10-12-26)13-15-29(31)34(41)43-5/h8-16,24-25H,6-7,17-23H2,1-5H3,(H,37,40). The van der Waals surface area contributed by atoms with Crippen LogP contribution in [0.5, 0.6) is 11.5 Å². The lowest BCUT2D eigenvalue weighted by molar-refractivity contribution is 0.0136. The van der Waals surface area contributed by atoms with E-state index in [4.69, 9.17) is 18.9 Å². The van der Waals surface area contributed by atoms with Crippen LogP contribution in [0, 0.1) is 0 Å². The summed E-state index contributed by atoms with van der Waals surface area (Å²) in [4.78, 5) is 42.7. The molecule has 1 saturated heterocycles. The molecular formula is C36H45N3O7. The van der Waals surface area contributed by atoms with Crippen molar-refractivity contribution in [1.82, 2.24) is 9.80 Å². The van der Waals surface area contributed by atoms with Gasteiger partial charge in [0.25, 0.3) is 5.91 Å². The summed E-state index contributed by atoms with van der Waals surface area (Å²) in [7, 11) is 1.31. The predicted molar refractivity (Wildman–Crippen MR) is 178 cm³/mol. The van der Waals surface area contributed by atoms with E-state index >= 15 is 0 Å². The number of amides is 2. The van der Waals surface area contributed by atoms with Gasteiger partial charge in [-0.05, 0) is 68.7 Å². The van der Waals surface area contributed by atoms with Crippen molar-refractivity contribution < 1.29 is 33.3 Å². The number of esters is 1. The van der Waals surface area contributed by atoms with Crippen LogP contribution in [0.3, 0.4) is 0 Å². The zero-order valence-electron chi connectivity index (χ0n) is 27.5. The number of carbonyl (C=O) groups is 3. The van der Waals surface area contributed by atoms with Crippen molar-refractivity contribution in [3.8, 4) is 22.6 Å². The Morgan fingerprint density at radius 2 is 1.57 bits per heavy atom. The lowest BCUT2D eigenvalue weighted by Crippen LogP contribution is -2.50. The molecule has 246 valence electrons. The number of piperazine rings is 1. The van der Waals surface area contributed by atoms with Gasteiger partial charge in [-0.2, -0.15) is 0 Å². The SMILES string of the molecule is CCCCOc1ccc(OCCN2CCN(C(=O)OC(C)(C)C)CC2)cc1C(=O)Nc1cc(-c2ccccc2)ccc1C(=O)OC. The average Bonchev–Trinajstić information content (AvgIpc) is 3.05. The van der Waals surface area contributed by atoms with Crippen LogP contribution in [0.1, 0.15) is 61.3 Å². The Morgan fingerprint density at radius 3 is 2.24 bits per heavy atom. The predicted octanol–water partition coefficient (Wildman–Crippen LogP) is 6.50. The molecule has 0 radical (unpaired) electrons. The molecular weight excluding hydrogens is 586 g/mol. The molecule has 1 fully saturated rings. The average molecular weight is 632 g/mol. The van der Waals surface area contributed by atoms with Gasteiger partial charge >= 0.3 is 12.1 Å². The van der Waals surface area contributed by atoms with Crippen molar-refractivity contribution >= 4 is 23.7 Å². The molecule has 0 unspecified atom stereocenters. The van der Waals surface area contributed by atoms with Crippen LogP contribution < -0.4 is 14.8 Å². The summed E-state index contributed by atoms with van der Waals surface area (Å²) in [5, 5.41) is 2.92. The van der Waals surface area contributed by atoms with Crippen LogP contribution in [-0.4, -0.2) is 86.4 Å². The number of hydrogen-bond donors (Lipinski definition) is 1. The fourth-order valence-electron chi connectivity index (χ4n) is 4.94. The number of nitrogens with zero attached hydrogens (tertiary/aromatic N) is 2. The fraction of sp³-hybridized carbons (Fsp3) is 0.417. The number of anilines is 1. The molecule has 1 aliphatic heterocycles. The Kier molecular flexibility index (Phi) is 12.0. The molecule has 0 aliphatic carbocycles. The van der Waals surface area contributed by atoms with E-state index in [1.165, 1.54) is 7.11 Å². The molecule has 4 rings (SSSR count). The van der Waals surface area contributed by atoms with E-state index in [0.717, 1.165) is 24.0 Å². The van der Waals surface area contributed by atoms with E-state index in [1.807, 2.05) is 57.2 Å². The first-order valence-corrected chi connectivity index (χ1v) is 15.8. The van der Waals surface area contributed by atoms with Gasteiger partial charge in [-0.1, -0.05) is 49.7 Å². The second-order valence-electron chi connectivity index (χ2n) is 12.1. The summed E-state index contributed by atoms with van der Waals surface area (Å²) in [6.07, 6.45) is 1.50. The minimum atomic E-state index is -0.557. The topological polar surface area (TPSA) is 107 Å². The maximum atomic E-state index is 13.8. The van der Waals surface area contributed by atoms with Crippen LogP contribution in [0.2, 0.25) is 0 Å². The summed E-state index contributed by atoms with van der Waals surface area (Å²) in [5.74, 6) is -0.0501. The summed E-state index contributed by atoms with van der Waals surface area (Å²) in [6, 6.07) is 20.1. The van der Waals surface area contributed by atoms with Gasteiger partial charge in [0.2, 0.25) is 0 Å². The normalized spacial score (nSPS) is 13.5. The quantitative estimate of drug-likeness (QED) is 0.178. The number of hydrogen-bond acceptors (Lipinski definition) is 8. The van der Waals surface area contributed by atoms with Crippen molar-refractivity contribution in [2.45, 2.75) is 46.1 Å². The molecule has 0 atom stereocenters. The smallest absolute Gasteiger partial charge is 0.410 e. The molecule has 0 aromatic heterocycles. The van der Waals surface area contributed by atoms with Crippen LogP contribution in [-0.2, 0) is 9.47 Å². The zero-order valence-corrected chi connectivity index (χ0v) is 27.5. The largest absolute Gasteiger partial charge is 0.493 e. The van der Waals surface area contributed by atoms with E-state index < -0.39 is 17.5 Å². The highest BCUT2D eigenvalue weighted by Gasteiger charge is 2.26. The molecule has 10 heteroatoms. The summed E-state index contributed by atoms with van der Waals surface area (Å²) < 4.78 is 22.5. The molecule has 1 N–H and O–H groups in total. The Labute approximate surface area is 271 Å². The van der Waals surface area contributed by atoms with Crippen LogP contribution in [0.4, 0.5) is 10.5 Å². The molecule has 3 aromatic carbocycles. The molecule has 0 saturated carbocycles. The molecule has 10 nitrogen and oxygen atoms in total. The van der Waals surface area contributed by atoms with Gasteiger partial charge in [-0.15, -0.1) is 0 Å². The van der Waals surface area contributed by atoms with Gasteiger partial charge in [0.05, 0.1) is 30.5 Å². The first-order valence-electron chi connectivity index (χ1n) is 15.8. The van der Waals surface area contributed by atoms with E-state index in [-0.39, 0.29) is 11.7 Å². The number of ether oxygens (including phenoxy) is 4. The number of nitrogens with one attached hydrogen (secondary N) is 1. The number of rotatable bonds is 12. The fourth-order valence-corrected chi connectivity index (χ4v) is 4.94. The lowest BCUT2D eigenvalue weighted by Gasteiger charge is -2.35. The first kappa shape index (κ1) is 34.3. The molecule has 1 aliphatic rings. The minimum Gasteiger partial charge on any atom is -0.493 e. The Bertz CT molecular complexity index is 1480. The zero-order chi connectivity index (χ0) is 33.1. The highest BCUT2D eigenvalue weighted by molar-refractivity contribution is 6.10. The van der Waals surface area contributed by atoms with Crippen molar-refractivity contribution in [3.63, 3.8) is 0 Å². The Balaban J connectivity index is 1.46. The van der Waals surface area contributed by atoms with Crippen molar-refractivity contribution in [2.24, 2.45) is 0 Å². The molecule has 3 aromatic rings. The highest BCUT2D eigenvalue weighted by atomic mass is 16.6. The molecule has 0 bridgehead atoms. The van der Waals surface area contributed by atoms with Gasteiger partial charge < -0.3 is 29.2 Å². The van der Waals surface area contributed by atoms with Crippen LogP contribution >= 0.6 is 0 Å². The second-order valence-corrected chi connectivity index (χ2v) is 12.1. The van der Waals surface area contributed by atoms with Crippen LogP contribution in [0.15, 0.2) is 66.7 Å². The molecule has 2 amide bonds. The third-order valence-electron chi connectivity index (χ3n) is 7.43. The number of unbranched alkanes of at least 4 members (excludes halogenated alkanes) is 1. The number of benzene rings is 3. The van der Waals surface area contributed by atoms with E-state index in [9.17, 15) is 14.4 Å². The van der Waals surface area contributed by atoms with E-state index in [2.05, 4.69) is 17.1 Å². The van der Waals surface area contributed by atoms with Crippen LogP contribution in [0.25, 0.3) is 11.1 Å². The van der Waals surface area contributed by atoms with Gasteiger partial charge in [0.15, 0.2) is 0 Å². The Morgan fingerprint density at radius 1 is 0.826 bits per heavy atom. The molecule has 1 heterocycles. The monoisotopic (exact) mass is 631 g/mol. The maximum Gasteiger partial charge on any atom is 0.410 e. The Hall–Kier alpha value is -4.57. The summed E-state index contributed by atoms with van der Waals surface area (Å²) in [6.45, 7) is 11.8. The van der Waals surface area contributed by atoms with E-state index in [1.54, 1.807) is 35.2 Å². The van der Waals surface area contributed by atoms with E-state index in [0.29, 0.717) is 68.7 Å². The van der Waals surface area contributed by atoms with Gasteiger partial charge in [-0.25, -0.2) is 9.59 Å². The molecule has 46 heavy (non-hydrogen) atoms. The summed E-state index contributed by atoms with van der Waals surface area (Å²) >= 11 is 0. The first-order chi connectivity index (χ1) is 22.1. The van der Waals surface area contributed by atoms with Crippen molar-refractivity contribution in [1.29, 1.82) is 0 Å². The lowest BCUT2D eigenvalue weighted by atomic mass is 10.0. The van der Waals surface area contributed by atoms with Crippen molar-refractivity contribution in [2.75, 3.05) is 58.4 Å². The number of carbonyl (C=O) groups excluding carboxylic acids is 3. The third-order valence-corrected chi connectivity index (χ3v) is 7.43. The molecule has 0 spiro atoms. The summed E-state index contributed by atoms with van der Waals surface area (Å²) in [5.41, 5.74) is 2.12.